The molecule has 1 aliphatic rings. The summed E-state index contributed by atoms with van der Waals surface area (Å²) in [5.74, 6) is -1.56. The van der Waals surface area contributed by atoms with Gasteiger partial charge >= 0.3 is 0 Å². The molecule has 4 nitrogen and oxygen atoms in total. The Morgan fingerprint density at radius 3 is 2.29 bits per heavy atom. The lowest BCUT2D eigenvalue weighted by molar-refractivity contribution is -0.122. The first-order valence-corrected chi connectivity index (χ1v) is 7.67. The van der Waals surface area contributed by atoms with E-state index in [-0.39, 0.29) is 10.7 Å². The van der Waals surface area contributed by atoms with E-state index in [1.54, 1.807) is 24.3 Å². The third-order valence-electron chi connectivity index (χ3n) is 3.37. The average Bonchev–Trinajstić information content (AvgIpc) is 2.55. The molecule has 120 valence electrons. The van der Waals surface area contributed by atoms with Gasteiger partial charge < -0.3 is 0 Å². The number of halogens is 2. The van der Waals surface area contributed by atoms with Crippen molar-refractivity contribution in [1.82, 2.24) is 5.32 Å². The van der Waals surface area contributed by atoms with E-state index in [1.807, 2.05) is 0 Å². The van der Waals surface area contributed by atoms with Crippen LogP contribution in [0.5, 0.6) is 0 Å². The van der Waals surface area contributed by atoms with Crippen molar-refractivity contribution in [2.75, 3.05) is 4.90 Å². The molecule has 1 fully saturated rings. The minimum Gasteiger partial charge on any atom is -0.298 e. The molecular weight excluding hydrogens is 351 g/mol. The molecule has 0 aliphatic carbocycles. The fraction of sp³-hybridized carbons (Fsp3) is 0. The van der Waals surface area contributed by atoms with E-state index in [9.17, 15) is 14.0 Å². The number of anilines is 1. The number of rotatable bonds is 2. The summed E-state index contributed by atoms with van der Waals surface area (Å²) in [5, 5.41) is 2.98. The largest absolute Gasteiger partial charge is 0.298 e. The van der Waals surface area contributed by atoms with Crippen molar-refractivity contribution in [1.29, 1.82) is 0 Å². The lowest BCUT2D eigenvalue weighted by atomic mass is 10.1. The second-order valence-corrected chi connectivity index (χ2v) is 5.81. The van der Waals surface area contributed by atoms with Crippen molar-refractivity contribution < 1.29 is 14.0 Å². The summed E-state index contributed by atoms with van der Waals surface area (Å²) >= 11 is 10.9. The highest BCUT2D eigenvalue weighted by atomic mass is 35.5. The minimum absolute atomic E-state index is 0.0106. The second-order valence-electron chi connectivity index (χ2n) is 4.99. The normalized spacial score (nSPS) is 16.5. The van der Waals surface area contributed by atoms with Crippen LogP contribution in [0.3, 0.4) is 0 Å². The van der Waals surface area contributed by atoms with Crippen molar-refractivity contribution in [2.24, 2.45) is 0 Å². The lowest BCUT2D eigenvalue weighted by Crippen LogP contribution is -2.54. The van der Waals surface area contributed by atoms with Crippen LogP contribution in [0.4, 0.5) is 10.1 Å². The summed E-state index contributed by atoms with van der Waals surface area (Å²) in [5.41, 5.74) is 0.920. The number of nitrogens with one attached hydrogen (secondary N) is 1. The Morgan fingerprint density at radius 2 is 1.67 bits per heavy atom. The predicted molar refractivity (Wildman–Crippen MR) is 94.1 cm³/mol. The zero-order chi connectivity index (χ0) is 17.3. The molecule has 2 aromatic carbocycles. The molecule has 24 heavy (non-hydrogen) atoms. The van der Waals surface area contributed by atoms with Crippen molar-refractivity contribution in [2.45, 2.75) is 0 Å². The number of hydrogen-bond donors (Lipinski definition) is 1. The number of amides is 2. The maximum absolute atomic E-state index is 13.0. The molecule has 1 N–H and O–H groups in total. The molecule has 2 aromatic rings. The summed E-state index contributed by atoms with van der Waals surface area (Å²) in [6, 6.07) is 11.9. The first-order chi connectivity index (χ1) is 11.5. The summed E-state index contributed by atoms with van der Waals surface area (Å²) in [7, 11) is 0. The first kappa shape index (κ1) is 16.3. The van der Waals surface area contributed by atoms with Gasteiger partial charge in [-0.3, -0.25) is 19.8 Å². The third kappa shape index (κ3) is 3.20. The standard InChI is InChI=1S/C17H10ClFN2O2S/c18-11-3-7-13(8-4-11)21-16(23)14(15(22)20-17(21)24)9-10-1-5-12(19)6-2-10/h1-9H,(H,20,22,24). The molecule has 0 saturated carbocycles. The number of nitrogens with zero attached hydrogens (tertiary/aromatic N) is 1. The van der Waals surface area contributed by atoms with Gasteiger partial charge in [0.05, 0.1) is 5.69 Å². The molecule has 1 aliphatic heterocycles. The first-order valence-electron chi connectivity index (χ1n) is 6.88. The molecule has 0 radical (unpaired) electrons. The molecule has 7 heteroatoms. The maximum Gasteiger partial charge on any atom is 0.270 e. The summed E-state index contributed by atoms with van der Waals surface area (Å²) in [4.78, 5) is 26.0. The molecular formula is C17H10ClFN2O2S. The molecule has 0 unspecified atom stereocenters. The smallest absolute Gasteiger partial charge is 0.270 e. The van der Waals surface area contributed by atoms with Crippen LogP contribution < -0.4 is 10.2 Å². The Balaban J connectivity index is 1.99. The molecule has 1 saturated heterocycles. The van der Waals surface area contributed by atoms with Gasteiger partial charge in [-0.15, -0.1) is 0 Å². The van der Waals surface area contributed by atoms with Crippen LogP contribution in [-0.4, -0.2) is 16.9 Å². The van der Waals surface area contributed by atoms with Crippen LogP contribution in [0.2, 0.25) is 5.02 Å². The zero-order valence-corrected chi connectivity index (χ0v) is 13.7. The Kier molecular flexibility index (Phi) is 4.42. The highest BCUT2D eigenvalue weighted by Gasteiger charge is 2.34. The van der Waals surface area contributed by atoms with E-state index < -0.39 is 17.6 Å². The van der Waals surface area contributed by atoms with Crippen molar-refractivity contribution >= 4 is 52.5 Å². The Morgan fingerprint density at radius 1 is 1.04 bits per heavy atom. The molecule has 3 rings (SSSR count). The molecule has 0 atom stereocenters. The van der Waals surface area contributed by atoms with E-state index >= 15 is 0 Å². The van der Waals surface area contributed by atoms with Gasteiger partial charge in [0, 0.05) is 5.02 Å². The van der Waals surface area contributed by atoms with E-state index in [4.69, 9.17) is 23.8 Å². The fourth-order valence-corrected chi connectivity index (χ4v) is 2.61. The molecule has 0 spiro atoms. The topological polar surface area (TPSA) is 49.4 Å². The van der Waals surface area contributed by atoms with Gasteiger partial charge in [0.15, 0.2) is 5.11 Å². The number of hydrogen-bond acceptors (Lipinski definition) is 3. The number of carbonyl (C=O) groups is 2. The third-order valence-corrected chi connectivity index (χ3v) is 3.90. The van der Waals surface area contributed by atoms with Gasteiger partial charge in [0.1, 0.15) is 11.4 Å². The van der Waals surface area contributed by atoms with Gasteiger partial charge in [-0.25, -0.2) is 4.39 Å². The number of thiocarbonyl (C=S) groups is 1. The molecule has 0 aromatic heterocycles. The van der Waals surface area contributed by atoms with E-state index in [2.05, 4.69) is 5.32 Å². The van der Waals surface area contributed by atoms with Gasteiger partial charge in [-0.2, -0.15) is 0 Å². The Labute approximate surface area is 147 Å². The molecule has 1 heterocycles. The van der Waals surface area contributed by atoms with E-state index in [0.717, 1.165) is 0 Å². The van der Waals surface area contributed by atoms with Crippen LogP contribution >= 0.6 is 23.8 Å². The lowest BCUT2D eigenvalue weighted by Gasteiger charge is -2.28. The van der Waals surface area contributed by atoms with Crippen LogP contribution in [0.25, 0.3) is 6.08 Å². The van der Waals surface area contributed by atoms with Gasteiger partial charge in [-0.05, 0) is 60.3 Å². The Bertz CT molecular complexity index is 863. The Hall–Kier alpha value is -2.57. The summed E-state index contributed by atoms with van der Waals surface area (Å²) in [6.45, 7) is 0. The van der Waals surface area contributed by atoms with Crippen LogP contribution in [0, 0.1) is 5.82 Å². The molecule has 2 amide bonds. The van der Waals surface area contributed by atoms with E-state index in [1.165, 1.54) is 35.2 Å². The number of benzene rings is 2. The predicted octanol–water partition coefficient (Wildman–Crippen LogP) is 3.31. The number of carbonyl (C=O) groups excluding carboxylic acids is 2. The quantitative estimate of drug-likeness (QED) is 0.508. The fourth-order valence-electron chi connectivity index (χ4n) is 2.21. The minimum atomic E-state index is -0.598. The van der Waals surface area contributed by atoms with Crippen LogP contribution in [-0.2, 0) is 9.59 Å². The highest BCUT2D eigenvalue weighted by molar-refractivity contribution is 7.80. The monoisotopic (exact) mass is 360 g/mol. The second kappa shape index (κ2) is 6.51. The zero-order valence-electron chi connectivity index (χ0n) is 12.1. The van der Waals surface area contributed by atoms with Crippen LogP contribution in [0.1, 0.15) is 5.56 Å². The molecule has 0 bridgehead atoms. The van der Waals surface area contributed by atoms with Gasteiger partial charge in [-0.1, -0.05) is 23.7 Å². The highest BCUT2D eigenvalue weighted by Crippen LogP contribution is 2.23. The van der Waals surface area contributed by atoms with Gasteiger partial charge in [0.2, 0.25) is 0 Å². The van der Waals surface area contributed by atoms with E-state index in [0.29, 0.717) is 16.3 Å². The average molecular weight is 361 g/mol. The summed E-state index contributed by atoms with van der Waals surface area (Å²) in [6.07, 6.45) is 1.39. The van der Waals surface area contributed by atoms with Crippen molar-refractivity contribution in [3.63, 3.8) is 0 Å². The summed E-state index contributed by atoms with van der Waals surface area (Å²) < 4.78 is 13.0. The van der Waals surface area contributed by atoms with Crippen molar-refractivity contribution in [3.8, 4) is 0 Å². The van der Waals surface area contributed by atoms with Gasteiger partial charge in [0.25, 0.3) is 11.8 Å². The maximum atomic E-state index is 13.0. The van der Waals surface area contributed by atoms with Crippen LogP contribution in [0.15, 0.2) is 54.1 Å². The van der Waals surface area contributed by atoms with Crippen molar-refractivity contribution in [3.05, 3.63) is 70.5 Å². The SMILES string of the molecule is O=C1NC(=S)N(c2ccc(Cl)cc2)C(=O)C1=Cc1ccc(F)cc1.